The number of ether oxygens (including phenoxy) is 1. The molecule has 1 atom stereocenters. The summed E-state index contributed by atoms with van der Waals surface area (Å²) in [7, 11) is 1.71. The van der Waals surface area contributed by atoms with Gasteiger partial charge in [-0.1, -0.05) is 6.92 Å². The Morgan fingerprint density at radius 1 is 1.28 bits per heavy atom. The predicted octanol–water partition coefficient (Wildman–Crippen LogP) is 2.52. The van der Waals surface area contributed by atoms with E-state index in [9.17, 15) is 0 Å². The third-order valence-electron chi connectivity index (χ3n) is 3.66. The molecule has 0 spiro atoms. The molecule has 2 rings (SSSR count). The minimum atomic E-state index is 0.138. The van der Waals surface area contributed by atoms with Gasteiger partial charge in [-0.05, 0) is 50.6 Å². The van der Waals surface area contributed by atoms with Gasteiger partial charge in [0, 0.05) is 24.3 Å². The van der Waals surface area contributed by atoms with Crippen LogP contribution in [0, 0.1) is 5.92 Å². The second-order valence-corrected chi connectivity index (χ2v) is 5.86. The van der Waals surface area contributed by atoms with Crippen LogP contribution >= 0.6 is 0 Å². The van der Waals surface area contributed by atoms with E-state index in [4.69, 9.17) is 4.74 Å². The Balaban J connectivity index is 2.26. The number of hydrogen-bond donors (Lipinski definition) is 1. The van der Waals surface area contributed by atoms with Crippen molar-refractivity contribution in [3.05, 3.63) is 24.3 Å². The zero-order valence-electron chi connectivity index (χ0n) is 11.9. The molecule has 1 aliphatic heterocycles. The van der Waals surface area contributed by atoms with Gasteiger partial charge >= 0.3 is 0 Å². The van der Waals surface area contributed by atoms with Crippen LogP contribution in [0.25, 0.3) is 0 Å². The number of nitrogens with zero attached hydrogens (tertiary/aromatic N) is 1. The molecule has 3 nitrogen and oxygen atoms in total. The first-order valence-electron chi connectivity index (χ1n) is 6.65. The SMILES string of the molecule is COc1ccc(N2CC(C)CNCC2(C)C)cc1. The van der Waals surface area contributed by atoms with Crippen molar-refractivity contribution >= 4 is 5.69 Å². The van der Waals surface area contributed by atoms with Crippen LogP contribution < -0.4 is 15.0 Å². The molecular formula is C15H24N2O. The van der Waals surface area contributed by atoms with Gasteiger partial charge in [0.05, 0.1) is 7.11 Å². The molecule has 0 aromatic heterocycles. The molecule has 1 aliphatic rings. The van der Waals surface area contributed by atoms with E-state index in [0.717, 1.165) is 25.4 Å². The Morgan fingerprint density at radius 2 is 1.94 bits per heavy atom. The topological polar surface area (TPSA) is 24.5 Å². The van der Waals surface area contributed by atoms with E-state index in [-0.39, 0.29) is 5.54 Å². The monoisotopic (exact) mass is 248 g/mol. The van der Waals surface area contributed by atoms with Crippen molar-refractivity contribution in [2.75, 3.05) is 31.6 Å². The molecule has 0 aliphatic carbocycles. The van der Waals surface area contributed by atoms with Crippen molar-refractivity contribution in [3.8, 4) is 5.75 Å². The Morgan fingerprint density at radius 3 is 2.56 bits per heavy atom. The summed E-state index contributed by atoms with van der Waals surface area (Å²) < 4.78 is 5.22. The van der Waals surface area contributed by atoms with Crippen molar-refractivity contribution in [2.45, 2.75) is 26.3 Å². The van der Waals surface area contributed by atoms with E-state index < -0.39 is 0 Å². The van der Waals surface area contributed by atoms with Gasteiger partial charge in [0.25, 0.3) is 0 Å². The summed E-state index contributed by atoms with van der Waals surface area (Å²) in [5.41, 5.74) is 1.41. The molecule has 1 aromatic carbocycles. The summed E-state index contributed by atoms with van der Waals surface area (Å²) >= 11 is 0. The van der Waals surface area contributed by atoms with Crippen LogP contribution in [0.3, 0.4) is 0 Å². The summed E-state index contributed by atoms with van der Waals surface area (Å²) in [5.74, 6) is 1.58. The normalized spacial score (nSPS) is 23.6. The number of benzene rings is 1. The van der Waals surface area contributed by atoms with Crippen LogP contribution in [-0.2, 0) is 0 Å². The van der Waals surface area contributed by atoms with Gasteiger partial charge in [-0.15, -0.1) is 0 Å². The van der Waals surface area contributed by atoms with Crippen LogP contribution in [0.4, 0.5) is 5.69 Å². The molecule has 1 unspecified atom stereocenters. The van der Waals surface area contributed by atoms with E-state index in [1.54, 1.807) is 7.11 Å². The fraction of sp³-hybridized carbons (Fsp3) is 0.600. The smallest absolute Gasteiger partial charge is 0.119 e. The van der Waals surface area contributed by atoms with Crippen molar-refractivity contribution in [1.82, 2.24) is 5.32 Å². The minimum absolute atomic E-state index is 0.138. The molecule has 3 heteroatoms. The van der Waals surface area contributed by atoms with Gasteiger partial charge in [0.15, 0.2) is 0 Å². The first-order chi connectivity index (χ1) is 8.53. The maximum Gasteiger partial charge on any atom is 0.119 e. The molecule has 0 amide bonds. The highest BCUT2D eigenvalue weighted by Gasteiger charge is 2.30. The second kappa shape index (κ2) is 5.19. The Labute approximate surface area is 110 Å². The summed E-state index contributed by atoms with van der Waals surface area (Å²) in [5, 5.41) is 3.54. The summed E-state index contributed by atoms with van der Waals surface area (Å²) in [6.07, 6.45) is 0. The molecule has 1 aromatic rings. The van der Waals surface area contributed by atoms with Crippen LogP contribution in [0.5, 0.6) is 5.75 Å². The van der Waals surface area contributed by atoms with Gasteiger partial charge in [0.1, 0.15) is 5.75 Å². The number of nitrogens with one attached hydrogen (secondary N) is 1. The van der Waals surface area contributed by atoms with Gasteiger partial charge < -0.3 is 15.0 Å². The zero-order chi connectivity index (χ0) is 13.2. The van der Waals surface area contributed by atoms with Gasteiger partial charge in [-0.3, -0.25) is 0 Å². The fourth-order valence-electron chi connectivity index (χ4n) is 2.56. The van der Waals surface area contributed by atoms with E-state index in [0.29, 0.717) is 5.92 Å². The Hall–Kier alpha value is -1.22. The quantitative estimate of drug-likeness (QED) is 0.870. The molecular weight excluding hydrogens is 224 g/mol. The lowest BCUT2D eigenvalue weighted by Crippen LogP contribution is -2.49. The largest absolute Gasteiger partial charge is 0.497 e. The lowest BCUT2D eigenvalue weighted by molar-refractivity contribution is 0.414. The van der Waals surface area contributed by atoms with E-state index in [1.165, 1.54) is 5.69 Å². The highest BCUT2D eigenvalue weighted by Crippen LogP contribution is 2.28. The van der Waals surface area contributed by atoms with Gasteiger partial charge in [-0.25, -0.2) is 0 Å². The Bertz CT molecular complexity index is 386. The summed E-state index contributed by atoms with van der Waals surface area (Å²) in [6.45, 7) is 10.1. The molecule has 0 saturated carbocycles. The maximum atomic E-state index is 5.22. The van der Waals surface area contributed by atoms with Gasteiger partial charge in [-0.2, -0.15) is 0 Å². The third kappa shape index (κ3) is 2.78. The summed E-state index contributed by atoms with van der Waals surface area (Å²) in [6, 6.07) is 8.38. The van der Waals surface area contributed by atoms with Gasteiger partial charge in [0.2, 0.25) is 0 Å². The highest BCUT2D eigenvalue weighted by atomic mass is 16.5. The molecule has 0 radical (unpaired) electrons. The molecule has 1 heterocycles. The predicted molar refractivity (Wildman–Crippen MR) is 76.5 cm³/mol. The molecule has 100 valence electrons. The first-order valence-corrected chi connectivity index (χ1v) is 6.65. The van der Waals surface area contributed by atoms with Crippen LogP contribution in [0.1, 0.15) is 20.8 Å². The van der Waals surface area contributed by atoms with Crippen molar-refractivity contribution in [1.29, 1.82) is 0 Å². The number of methoxy groups -OCH3 is 1. The molecule has 1 N–H and O–H groups in total. The average Bonchev–Trinajstić information content (AvgIpc) is 2.48. The van der Waals surface area contributed by atoms with Crippen LogP contribution in [0.2, 0.25) is 0 Å². The van der Waals surface area contributed by atoms with E-state index in [1.807, 2.05) is 12.1 Å². The molecule has 18 heavy (non-hydrogen) atoms. The molecule has 1 fully saturated rings. The number of rotatable bonds is 2. The molecule has 0 bridgehead atoms. The van der Waals surface area contributed by atoms with E-state index in [2.05, 4.69) is 43.1 Å². The standard InChI is InChI=1S/C15H24N2O/c1-12-9-16-11-15(2,3)17(10-12)13-5-7-14(18-4)8-6-13/h5-8,12,16H,9-11H2,1-4H3. The van der Waals surface area contributed by atoms with Crippen molar-refractivity contribution in [2.24, 2.45) is 5.92 Å². The summed E-state index contributed by atoms with van der Waals surface area (Å²) in [4.78, 5) is 2.50. The Kier molecular flexibility index (Phi) is 3.81. The lowest BCUT2D eigenvalue weighted by Gasteiger charge is -2.39. The number of hydrogen-bond acceptors (Lipinski definition) is 3. The first kappa shape index (κ1) is 13.2. The van der Waals surface area contributed by atoms with Crippen LogP contribution in [-0.4, -0.2) is 32.3 Å². The van der Waals surface area contributed by atoms with Crippen molar-refractivity contribution in [3.63, 3.8) is 0 Å². The maximum absolute atomic E-state index is 5.22. The third-order valence-corrected chi connectivity index (χ3v) is 3.66. The second-order valence-electron chi connectivity index (χ2n) is 5.86. The fourth-order valence-corrected chi connectivity index (χ4v) is 2.56. The number of anilines is 1. The minimum Gasteiger partial charge on any atom is -0.497 e. The lowest BCUT2D eigenvalue weighted by atomic mass is 10.0. The van der Waals surface area contributed by atoms with E-state index >= 15 is 0 Å². The van der Waals surface area contributed by atoms with Crippen LogP contribution in [0.15, 0.2) is 24.3 Å². The zero-order valence-corrected chi connectivity index (χ0v) is 11.9. The average molecular weight is 248 g/mol. The highest BCUT2D eigenvalue weighted by molar-refractivity contribution is 5.51. The molecule has 1 saturated heterocycles. The van der Waals surface area contributed by atoms with Crippen molar-refractivity contribution < 1.29 is 4.74 Å².